The quantitative estimate of drug-likeness (QED) is 0.213. The van der Waals surface area contributed by atoms with Crippen LogP contribution < -0.4 is 10.6 Å². The maximum absolute atomic E-state index is 10.0. The number of aliphatic hydroxyl groups is 1. The maximum Gasteiger partial charge on any atom is 0.191 e. The van der Waals surface area contributed by atoms with Crippen molar-refractivity contribution in [1.29, 1.82) is 0 Å². The molecule has 0 saturated heterocycles. The van der Waals surface area contributed by atoms with Crippen LogP contribution >= 0.6 is 24.0 Å². The molecule has 1 aromatic carbocycles. The lowest BCUT2D eigenvalue weighted by Gasteiger charge is -2.25. The lowest BCUT2D eigenvalue weighted by atomic mass is 10.1. The number of rotatable bonds is 13. The van der Waals surface area contributed by atoms with Gasteiger partial charge < -0.3 is 20.5 Å². The molecule has 1 aromatic rings. The van der Waals surface area contributed by atoms with Crippen LogP contribution in [0.25, 0.3) is 0 Å². The highest BCUT2D eigenvalue weighted by Gasteiger charge is 2.21. The van der Waals surface area contributed by atoms with E-state index >= 15 is 0 Å². The Morgan fingerprint density at radius 2 is 2.00 bits per heavy atom. The Hall–Kier alpha value is -0.900. The number of nitrogens with zero attached hydrogens (tertiary/aromatic N) is 2. The molecule has 7 heteroatoms. The number of halogens is 1. The van der Waals surface area contributed by atoms with Crippen molar-refractivity contribution in [2.75, 3.05) is 39.9 Å². The van der Waals surface area contributed by atoms with E-state index in [9.17, 15) is 5.11 Å². The molecule has 1 saturated carbocycles. The molecule has 0 aliphatic heterocycles. The van der Waals surface area contributed by atoms with Gasteiger partial charge in [-0.25, -0.2) is 0 Å². The fourth-order valence-corrected chi connectivity index (χ4v) is 2.89. The Balaban J connectivity index is 0.00000420. The van der Waals surface area contributed by atoms with E-state index in [4.69, 9.17) is 4.74 Å². The Kier molecular flexibility index (Phi) is 13.5. The van der Waals surface area contributed by atoms with Gasteiger partial charge in [-0.1, -0.05) is 30.3 Å². The molecule has 0 spiro atoms. The third-order valence-corrected chi connectivity index (χ3v) is 5.05. The zero-order valence-electron chi connectivity index (χ0n) is 18.1. The molecule has 0 amide bonds. The fourth-order valence-electron chi connectivity index (χ4n) is 2.89. The first-order valence-electron chi connectivity index (χ1n) is 10.6. The van der Waals surface area contributed by atoms with Crippen molar-refractivity contribution < 1.29 is 9.84 Å². The van der Waals surface area contributed by atoms with Crippen molar-refractivity contribution in [2.45, 2.75) is 51.8 Å². The Morgan fingerprint density at radius 3 is 2.66 bits per heavy atom. The van der Waals surface area contributed by atoms with Crippen LogP contribution in [0.3, 0.4) is 0 Å². The zero-order valence-corrected chi connectivity index (χ0v) is 20.5. The van der Waals surface area contributed by atoms with E-state index in [1.54, 1.807) is 0 Å². The molecule has 0 bridgehead atoms. The second-order valence-corrected chi connectivity index (χ2v) is 7.82. The predicted octanol–water partition coefficient (Wildman–Crippen LogP) is 2.86. The normalized spacial score (nSPS) is 16.2. The van der Waals surface area contributed by atoms with Crippen LogP contribution in [0.4, 0.5) is 0 Å². The molecule has 2 atom stereocenters. The van der Waals surface area contributed by atoms with Crippen LogP contribution in [-0.2, 0) is 11.3 Å². The molecule has 6 nitrogen and oxygen atoms in total. The van der Waals surface area contributed by atoms with Crippen LogP contribution in [0, 0.1) is 5.92 Å². The van der Waals surface area contributed by atoms with Crippen LogP contribution in [0.15, 0.2) is 35.3 Å². The number of benzene rings is 1. The first-order chi connectivity index (χ1) is 13.6. The monoisotopic (exact) mass is 518 g/mol. The molecule has 166 valence electrons. The smallest absolute Gasteiger partial charge is 0.191 e. The van der Waals surface area contributed by atoms with Gasteiger partial charge in [0.2, 0.25) is 0 Å². The number of aliphatic hydroxyl groups excluding tert-OH is 1. The Labute approximate surface area is 193 Å². The predicted molar refractivity (Wildman–Crippen MR) is 131 cm³/mol. The van der Waals surface area contributed by atoms with Crippen LogP contribution in [0.5, 0.6) is 0 Å². The van der Waals surface area contributed by atoms with E-state index in [0.29, 0.717) is 19.2 Å². The fraction of sp³-hybridized carbons (Fsp3) is 0.682. The van der Waals surface area contributed by atoms with Crippen LogP contribution in [0.1, 0.15) is 38.7 Å². The van der Waals surface area contributed by atoms with E-state index in [0.717, 1.165) is 44.5 Å². The average molecular weight is 518 g/mol. The van der Waals surface area contributed by atoms with E-state index in [1.165, 1.54) is 18.4 Å². The maximum atomic E-state index is 10.0. The molecule has 1 aliphatic rings. The number of aliphatic imine (C=N–C) groups is 1. The summed E-state index contributed by atoms with van der Waals surface area (Å²) in [6.07, 6.45) is 3.00. The summed E-state index contributed by atoms with van der Waals surface area (Å²) < 4.78 is 5.53. The highest BCUT2D eigenvalue weighted by Crippen LogP contribution is 2.28. The number of guanidine groups is 1. The number of hydrogen-bond donors (Lipinski definition) is 3. The third-order valence-electron chi connectivity index (χ3n) is 5.05. The SMILES string of the molecule is CCNC(=NCC(O)COCC1CC1)NCCC(C)N(C)Cc1ccccc1.I. The first kappa shape index (κ1) is 26.1. The summed E-state index contributed by atoms with van der Waals surface area (Å²) in [6.45, 7) is 8.35. The highest BCUT2D eigenvalue weighted by molar-refractivity contribution is 14.0. The van der Waals surface area contributed by atoms with Gasteiger partial charge in [0.15, 0.2) is 5.96 Å². The third kappa shape index (κ3) is 11.8. The molecule has 0 aromatic heterocycles. The average Bonchev–Trinajstić information content (AvgIpc) is 3.51. The highest BCUT2D eigenvalue weighted by atomic mass is 127. The number of hydrogen-bond acceptors (Lipinski definition) is 4. The minimum Gasteiger partial charge on any atom is -0.389 e. The second-order valence-electron chi connectivity index (χ2n) is 7.82. The van der Waals surface area contributed by atoms with Crippen molar-refractivity contribution in [3.05, 3.63) is 35.9 Å². The summed E-state index contributed by atoms with van der Waals surface area (Å²) in [6, 6.07) is 11.0. The van der Waals surface area contributed by atoms with Crippen LogP contribution in [0.2, 0.25) is 0 Å². The minimum absolute atomic E-state index is 0. The van der Waals surface area contributed by atoms with Gasteiger partial charge in [-0.3, -0.25) is 9.89 Å². The molecule has 2 rings (SSSR count). The van der Waals surface area contributed by atoms with Crippen molar-refractivity contribution in [2.24, 2.45) is 10.9 Å². The molecule has 1 fully saturated rings. The standard InChI is InChI=1S/C22H38N4O2.HI/c1-4-23-22(25-14-21(27)17-28-16-20-10-11-20)24-13-12-18(2)26(3)15-19-8-6-5-7-9-19;/h5-9,18,20-21,27H,4,10-17H2,1-3H3,(H2,23,24,25);1H. The lowest BCUT2D eigenvalue weighted by Crippen LogP contribution is -2.40. The van der Waals surface area contributed by atoms with E-state index < -0.39 is 6.10 Å². The van der Waals surface area contributed by atoms with Crippen molar-refractivity contribution in [3.8, 4) is 0 Å². The van der Waals surface area contributed by atoms with Gasteiger partial charge in [-0.05, 0) is 51.6 Å². The van der Waals surface area contributed by atoms with Gasteiger partial charge in [-0.2, -0.15) is 0 Å². The molecule has 0 radical (unpaired) electrons. The van der Waals surface area contributed by atoms with Gasteiger partial charge in [0.05, 0.1) is 19.3 Å². The van der Waals surface area contributed by atoms with Crippen molar-refractivity contribution in [3.63, 3.8) is 0 Å². The van der Waals surface area contributed by atoms with Crippen molar-refractivity contribution >= 4 is 29.9 Å². The van der Waals surface area contributed by atoms with E-state index in [2.05, 4.69) is 64.8 Å². The molecule has 0 heterocycles. The largest absolute Gasteiger partial charge is 0.389 e. The molecule has 29 heavy (non-hydrogen) atoms. The first-order valence-corrected chi connectivity index (χ1v) is 10.6. The van der Waals surface area contributed by atoms with Gasteiger partial charge in [0.25, 0.3) is 0 Å². The summed E-state index contributed by atoms with van der Waals surface area (Å²) >= 11 is 0. The van der Waals surface area contributed by atoms with E-state index in [1.807, 2.05) is 6.92 Å². The van der Waals surface area contributed by atoms with Gasteiger partial charge in [0.1, 0.15) is 0 Å². The summed E-state index contributed by atoms with van der Waals surface area (Å²) in [7, 11) is 2.16. The van der Waals surface area contributed by atoms with Gasteiger partial charge in [-0.15, -0.1) is 24.0 Å². The molecular weight excluding hydrogens is 479 g/mol. The second kappa shape index (κ2) is 15.0. The summed E-state index contributed by atoms with van der Waals surface area (Å²) in [5.74, 6) is 1.47. The van der Waals surface area contributed by atoms with Crippen molar-refractivity contribution in [1.82, 2.24) is 15.5 Å². The van der Waals surface area contributed by atoms with Crippen LogP contribution in [-0.4, -0.2) is 68.0 Å². The van der Waals surface area contributed by atoms with Gasteiger partial charge >= 0.3 is 0 Å². The topological polar surface area (TPSA) is 69.1 Å². The molecule has 3 N–H and O–H groups in total. The molecule has 2 unspecified atom stereocenters. The Bertz CT molecular complexity index is 569. The molecular formula is C22H39IN4O2. The summed E-state index contributed by atoms with van der Waals surface area (Å²) in [5.41, 5.74) is 1.33. The Morgan fingerprint density at radius 1 is 1.28 bits per heavy atom. The number of ether oxygens (including phenoxy) is 1. The van der Waals surface area contributed by atoms with E-state index in [-0.39, 0.29) is 24.0 Å². The van der Waals surface area contributed by atoms with Gasteiger partial charge in [0, 0.05) is 32.3 Å². The number of nitrogens with one attached hydrogen (secondary N) is 2. The lowest BCUT2D eigenvalue weighted by molar-refractivity contribution is 0.0368. The molecule has 1 aliphatic carbocycles. The summed E-state index contributed by atoms with van der Waals surface area (Å²) in [5, 5.41) is 16.6. The minimum atomic E-state index is -0.551. The zero-order chi connectivity index (χ0) is 20.2. The summed E-state index contributed by atoms with van der Waals surface area (Å²) in [4.78, 5) is 6.85.